The maximum Gasteiger partial charge on any atom is 0.150 e. The molecule has 2 N–H and O–H groups in total. The quantitative estimate of drug-likeness (QED) is 0.577. The Bertz CT molecular complexity index is 1080. The monoisotopic (exact) mass is 370 g/mol. The minimum absolute atomic E-state index is 0.200. The Morgan fingerprint density at radius 1 is 0.893 bits per heavy atom. The number of benzene rings is 3. The first kappa shape index (κ1) is 17.9. The van der Waals surface area contributed by atoms with Crippen LogP contribution in [0.3, 0.4) is 0 Å². The third kappa shape index (κ3) is 3.27. The van der Waals surface area contributed by atoms with Crippen LogP contribution in [0.15, 0.2) is 72.8 Å². The molecule has 0 spiro atoms. The van der Waals surface area contributed by atoms with E-state index < -0.39 is 0 Å². The van der Waals surface area contributed by atoms with Crippen LogP contribution in [0.4, 0.5) is 0 Å². The molecule has 1 heterocycles. The van der Waals surface area contributed by atoms with Crippen LogP contribution in [-0.2, 0) is 0 Å². The van der Waals surface area contributed by atoms with Gasteiger partial charge in [0.1, 0.15) is 23.4 Å². The average Bonchev–Trinajstić information content (AvgIpc) is 2.69. The Hall–Kier alpha value is -3.46. The molecule has 140 valence electrons. The van der Waals surface area contributed by atoms with Crippen LogP contribution in [0.5, 0.6) is 17.2 Å². The number of hydrogen-bond acceptors (Lipinski definition) is 3. The van der Waals surface area contributed by atoms with E-state index in [-0.39, 0.29) is 17.6 Å². The van der Waals surface area contributed by atoms with Gasteiger partial charge in [0.05, 0.1) is 0 Å². The van der Waals surface area contributed by atoms with Crippen molar-refractivity contribution < 1.29 is 14.9 Å². The number of rotatable bonds is 3. The molecule has 0 amide bonds. The Labute approximate surface area is 164 Å². The normalized spacial score (nSPS) is 16.1. The van der Waals surface area contributed by atoms with E-state index >= 15 is 0 Å². The first-order valence-corrected chi connectivity index (χ1v) is 9.29. The number of allylic oxidation sites excluding steroid dienone is 2. The van der Waals surface area contributed by atoms with Crippen LogP contribution in [-0.4, -0.2) is 10.2 Å². The van der Waals surface area contributed by atoms with E-state index in [1.54, 1.807) is 30.3 Å². The highest BCUT2D eigenvalue weighted by molar-refractivity contribution is 5.95. The molecule has 3 nitrogen and oxygen atoms in total. The second kappa shape index (κ2) is 7.28. The van der Waals surface area contributed by atoms with Crippen molar-refractivity contribution in [3.8, 4) is 17.2 Å². The van der Waals surface area contributed by atoms with Crippen LogP contribution in [0.25, 0.3) is 17.2 Å². The minimum atomic E-state index is -0.307. The fourth-order valence-electron chi connectivity index (χ4n) is 3.69. The van der Waals surface area contributed by atoms with E-state index in [9.17, 15) is 10.2 Å². The Balaban J connectivity index is 1.89. The van der Waals surface area contributed by atoms with Crippen molar-refractivity contribution in [2.75, 3.05) is 0 Å². The molecule has 3 heteroatoms. The first-order valence-electron chi connectivity index (χ1n) is 9.29. The van der Waals surface area contributed by atoms with Gasteiger partial charge < -0.3 is 14.9 Å². The number of hydrogen-bond donors (Lipinski definition) is 2. The maximum atomic E-state index is 10.0. The maximum absolute atomic E-state index is 10.0. The van der Waals surface area contributed by atoms with Crippen LogP contribution >= 0.6 is 0 Å². The molecule has 0 fully saturated rings. The van der Waals surface area contributed by atoms with Crippen molar-refractivity contribution in [3.05, 3.63) is 95.1 Å². The van der Waals surface area contributed by atoms with Crippen molar-refractivity contribution in [1.29, 1.82) is 0 Å². The summed E-state index contributed by atoms with van der Waals surface area (Å²) >= 11 is 0. The minimum Gasteiger partial charge on any atom is -0.508 e. The standard InChI is InChI=1S/C25H22O3/c1-3-5-17-8-10-18(11-9-17)25-24(19-6-4-7-20(26)14-19)16(2)22-15-21(27)12-13-23(22)28-25/h3-15,25-27H,1-2H3/b5-3-. The predicted molar refractivity (Wildman–Crippen MR) is 113 cm³/mol. The summed E-state index contributed by atoms with van der Waals surface area (Å²) in [6.07, 6.45) is 3.76. The van der Waals surface area contributed by atoms with Gasteiger partial charge in [0.15, 0.2) is 0 Å². The molecule has 3 aromatic carbocycles. The molecule has 1 unspecified atom stereocenters. The van der Waals surface area contributed by atoms with E-state index in [0.717, 1.165) is 39.1 Å². The molecule has 0 radical (unpaired) electrons. The first-order chi connectivity index (χ1) is 13.6. The van der Waals surface area contributed by atoms with Crippen molar-refractivity contribution in [3.63, 3.8) is 0 Å². The molecule has 1 atom stereocenters. The fourth-order valence-corrected chi connectivity index (χ4v) is 3.69. The van der Waals surface area contributed by atoms with Crippen LogP contribution in [0, 0.1) is 0 Å². The summed E-state index contributed by atoms with van der Waals surface area (Å²) in [6, 6.07) is 20.6. The van der Waals surface area contributed by atoms with Crippen molar-refractivity contribution >= 4 is 17.2 Å². The highest BCUT2D eigenvalue weighted by Gasteiger charge is 2.29. The summed E-state index contributed by atoms with van der Waals surface area (Å²) < 4.78 is 6.38. The molecule has 3 aromatic rings. The molecule has 4 rings (SSSR count). The summed E-state index contributed by atoms with van der Waals surface area (Å²) in [7, 11) is 0. The van der Waals surface area contributed by atoms with Gasteiger partial charge in [-0.1, -0.05) is 48.6 Å². The number of ether oxygens (including phenoxy) is 1. The van der Waals surface area contributed by atoms with Crippen molar-refractivity contribution in [2.24, 2.45) is 0 Å². The zero-order chi connectivity index (χ0) is 19.7. The molecule has 0 aliphatic carbocycles. The van der Waals surface area contributed by atoms with Crippen molar-refractivity contribution in [1.82, 2.24) is 0 Å². The molecular weight excluding hydrogens is 348 g/mol. The van der Waals surface area contributed by atoms with Crippen LogP contribution in [0.1, 0.15) is 42.2 Å². The molecular formula is C25H22O3. The van der Waals surface area contributed by atoms with Crippen LogP contribution < -0.4 is 4.74 Å². The summed E-state index contributed by atoms with van der Waals surface area (Å²) in [5.74, 6) is 1.15. The topological polar surface area (TPSA) is 49.7 Å². The zero-order valence-corrected chi connectivity index (χ0v) is 15.9. The molecule has 0 bridgehead atoms. The van der Waals surface area contributed by atoms with E-state index in [2.05, 4.69) is 30.3 Å². The van der Waals surface area contributed by atoms with Gasteiger partial charge in [-0.05, 0) is 66.4 Å². The third-order valence-electron chi connectivity index (χ3n) is 5.03. The smallest absolute Gasteiger partial charge is 0.150 e. The van der Waals surface area contributed by atoms with Gasteiger partial charge in [-0.3, -0.25) is 0 Å². The van der Waals surface area contributed by atoms with Gasteiger partial charge in [0.2, 0.25) is 0 Å². The summed E-state index contributed by atoms with van der Waals surface area (Å²) in [5, 5.41) is 20.0. The second-order valence-electron chi connectivity index (χ2n) is 6.93. The lowest BCUT2D eigenvalue weighted by Gasteiger charge is -2.31. The summed E-state index contributed by atoms with van der Waals surface area (Å²) in [5.41, 5.74) is 5.92. The number of aromatic hydroxyl groups is 2. The SMILES string of the molecule is C/C=C\c1ccc(C2Oc3ccc(O)cc3C(C)=C2c2cccc(O)c2)cc1. The van der Waals surface area contributed by atoms with Gasteiger partial charge in [-0.15, -0.1) is 0 Å². The van der Waals surface area contributed by atoms with E-state index in [4.69, 9.17) is 4.74 Å². The average molecular weight is 370 g/mol. The summed E-state index contributed by atoms with van der Waals surface area (Å²) in [4.78, 5) is 0. The van der Waals surface area contributed by atoms with E-state index in [1.165, 1.54) is 0 Å². The Morgan fingerprint density at radius 3 is 2.36 bits per heavy atom. The Morgan fingerprint density at radius 2 is 1.64 bits per heavy atom. The van der Waals surface area contributed by atoms with Crippen LogP contribution in [0.2, 0.25) is 0 Å². The zero-order valence-electron chi connectivity index (χ0n) is 15.9. The number of fused-ring (bicyclic) bond motifs is 1. The fraction of sp³-hybridized carbons (Fsp3) is 0.120. The number of phenols is 2. The Kier molecular flexibility index (Phi) is 4.66. The predicted octanol–water partition coefficient (Wildman–Crippen LogP) is 6.20. The largest absolute Gasteiger partial charge is 0.508 e. The highest BCUT2D eigenvalue weighted by Crippen LogP contribution is 2.47. The van der Waals surface area contributed by atoms with Gasteiger partial charge in [-0.2, -0.15) is 0 Å². The van der Waals surface area contributed by atoms with Gasteiger partial charge in [0.25, 0.3) is 0 Å². The molecule has 0 saturated heterocycles. The van der Waals surface area contributed by atoms with E-state index in [0.29, 0.717) is 0 Å². The lowest BCUT2D eigenvalue weighted by Crippen LogP contribution is -2.16. The number of phenolic OH excluding ortho intramolecular Hbond substituents is 2. The van der Waals surface area contributed by atoms with Gasteiger partial charge in [-0.25, -0.2) is 0 Å². The molecule has 0 aromatic heterocycles. The molecule has 1 aliphatic rings. The molecule has 0 saturated carbocycles. The van der Waals surface area contributed by atoms with Crippen molar-refractivity contribution in [2.45, 2.75) is 20.0 Å². The molecule has 1 aliphatic heterocycles. The van der Waals surface area contributed by atoms with Gasteiger partial charge in [0, 0.05) is 11.1 Å². The lowest BCUT2D eigenvalue weighted by molar-refractivity contribution is 0.259. The third-order valence-corrected chi connectivity index (χ3v) is 5.03. The van der Waals surface area contributed by atoms with E-state index in [1.807, 2.05) is 32.1 Å². The van der Waals surface area contributed by atoms with Gasteiger partial charge >= 0.3 is 0 Å². The summed E-state index contributed by atoms with van der Waals surface area (Å²) in [6.45, 7) is 4.03. The second-order valence-corrected chi connectivity index (χ2v) is 6.93. The molecule has 28 heavy (non-hydrogen) atoms. The highest BCUT2D eigenvalue weighted by atomic mass is 16.5. The lowest BCUT2D eigenvalue weighted by atomic mass is 9.86.